The second-order valence-corrected chi connectivity index (χ2v) is 29.2. The Kier molecular flexibility index (Phi) is 15.1. The van der Waals surface area contributed by atoms with Gasteiger partial charge in [-0.2, -0.15) is 0 Å². The van der Waals surface area contributed by atoms with Gasteiger partial charge in [-0.15, -0.1) is 52.8 Å². The van der Waals surface area contributed by atoms with Crippen molar-refractivity contribution < 1.29 is 0 Å². The molecule has 14 heteroatoms. The molecule has 0 saturated heterocycles. The first-order chi connectivity index (χ1) is 44.8. The molecule has 15 aromatic rings. The minimum Gasteiger partial charge on any atom is -0.309 e. The van der Waals surface area contributed by atoms with Crippen molar-refractivity contribution in [1.29, 1.82) is 0 Å². The molecule has 0 saturated carbocycles. The van der Waals surface area contributed by atoms with Crippen LogP contribution in [-0.2, 0) is 0 Å². The second kappa shape index (κ2) is 23.5. The molecular weight excluding hydrogens is 1140 g/mol. The standard InChI is InChI=1S/C78H46B10N2S2/c79-68-66(69(80)73(84)76(87)72(68)83)60-44-55(92(51-29-13-4-14-30-51,52-31-15-5-16-32-52)53-33-17-6-18-34-53)45-61(67-70(81)74(85)77(88)75(86)71(67)82)78(60)90-63-38-22-20-36-57(63)59-43-47(39-42-64(59)90)89-62-37-21-19-35-56(62)58-41-40-54(46-65(58)89)91(48-23-7-1-8-24-48,49-25-9-2-10-26-49)50-27-11-3-12-28-50/h1-46H. The zero-order chi connectivity index (χ0) is 63.2. The molecule has 0 spiro atoms. The van der Waals surface area contributed by atoms with Gasteiger partial charge in [0, 0.05) is 77.5 Å². The molecule has 0 aliphatic rings. The molecule has 2 aromatic heterocycles. The molecule has 15 rings (SSSR count). The van der Waals surface area contributed by atoms with Crippen LogP contribution in [0, 0.1) is 0 Å². The minimum atomic E-state index is -2.53. The van der Waals surface area contributed by atoms with Gasteiger partial charge in [-0.3, -0.25) is 0 Å². The Labute approximate surface area is 553 Å². The summed E-state index contributed by atoms with van der Waals surface area (Å²) < 4.78 is 4.62. The summed E-state index contributed by atoms with van der Waals surface area (Å²) in [6.45, 7) is 0. The first kappa shape index (κ1) is 59.1. The number of hydrogen-bond acceptors (Lipinski definition) is 0. The molecule has 2 nitrogen and oxygen atoms in total. The van der Waals surface area contributed by atoms with Crippen molar-refractivity contribution in [2.75, 3.05) is 0 Å². The first-order valence-corrected chi connectivity index (χ1v) is 33.4. The van der Waals surface area contributed by atoms with E-state index in [0.717, 1.165) is 68.9 Å². The minimum absolute atomic E-state index is 0.0703. The average molecular weight is 1180 g/mol. The van der Waals surface area contributed by atoms with Crippen LogP contribution in [0.15, 0.2) is 318 Å². The van der Waals surface area contributed by atoms with Gasteiger partial charge in [0.05, 0.1) is 27.8 Å². The summed E-state index contributed by atoms with van der Waals surface area (Å²) in [5.74, 6) is 0. The van der Waals surface area contributed by atoms with Gasteiger partial charge < -0.3 is 9.13 Å². The smallest absolute Gasteiger partial charge is 0.113 e. The highest BCUT2D eigenvalue weighted by atomic mass is 32.3. The van der Waals surface area contributed by atoms with Crippen molar-refractivity contribution in [3.05, 3.63) is 279 Å². The third-order valence-electron chi connectivity index (χ3n) is 18.1. The fraction of sp³-hybridized carbons (Fsp3) is 0. The van der Waals surface area contributed by atoms with E-state index in [-0.39, 0.29) is 54.6 Å². The lowest BCUT2D eigenvalue weighted by atomic mass is 9.58. The van der Waals surface area contributed by atoms with Crippen LogP contribution in [0.3, 0.4) is 0 Å². The van der Waals surface area contributed by atoms with E-state index in [1.165, 1.54) is 19.6 Å². The third kappa shape index (κ3) is 9.03. The van der Waals surface area contributed by atoms with Crippen LogP contribution in [0.5, 0.6) is 0 Å². The van der Waals surface area contributed by atoms with Gasteiger partial charge >= 0.3 is 0 Å². The van der Waals surface area contributed by atoms with E-state index in [4.69, 9.17) is 78.5 Å². The van der Waals surface area contributed by atoms with Gasteiger partial charge in [0.15, 0.2) is 0 Å². The Morgan fingerprint density at radius 2 is 0.511 bits per heavy atom. The van der Waals surface area contributed by atoms with Crippen molar-refractivity contribution in [1.82, 2.24) is 9.13 Å². The third-order valence-corrected chi connectivity index (χ3v) is 25.9. The first-order valence-electron chi connectivity index (χ1n) is 30.1. The van der Waals surface area contributed by atoms with Crippen LogP contribution in [-0.4, -0.2) is 87.6 Å². The Hall–Kier alpha value is -9.19. The normalized spacial score (nSPS) is 12.3. The molecule has 2 heterocycles. The summed E-state index contributed by atoms with van der Waals surface area (Å²) in [5, 5.41) is 4.13. The molecule has 0 fully saturated rings. The number of benzene rings is 13. The Bertz CT molecular complexity index is 5060. The molecule has 13 aromatic carbocycles. The molecule has 0 aliphatic carbocycles. The average Bonchev–Trinajstić information content (AvgIpc) is 1.68. The van der Waals surface area contributed by atoms with E-state index in [2.05, 4.69) is 264 Å². The van der Waals surface area contributed by atoms with Crippen LogP contribution >= 0.6 is 20.1 Å². The fourth-order valence-electron chi connectivity index (χ4n) is 13.8. The molecule has 0 aliphatic heterocycles. The molecule has 92 heavy (non-hydrogen) atoms. The van der Waals surface area contributed by atoms with Crippen LogP contribution < -0.4 is 54.6 Å². The summed E-state index contributed by atoms with van der Waals surface area (Å²) in [5.41, 5.74) is 8.03. The Morgan fingerprint density at radius 1 is 0.207 bits per heavy atom. The summed E-state index contributed by atoms with van der Waals surface area (Å²) in [6.07, 6.45) is 0. The monoisotopic (exact) mass is 1180 g/mol. The molecule has 0 N–H and O–H groups in total. The van der Waals surface area contributed by atoms with Gasteiger partial charge in [-0.25, -0.2) is 0 Å². The molecule has 0 atom stereocenters. The highest BCUT2D eigenvalue weighted by Crippen LogP contribution is 2.75. The Balaban J connectivity index is 1.09. The molecule has 0 amide bonds. The van der Waals surface area contributed by atoms with Gasteiger partial charge in [-0.05, 0) is 139 Å². The maximum absolute atomic E-state index is 7.39. The van der Waals surface area contributed by atoms with E-state index in [1.54, 1.807) is 0 Å². The Morgan fingerprint density at radius 3 is 0.902 bits per heavy atom. The summed E-state index contributed by atoms with van der Waals surface area (Å²) in [7, 11) is 66.3. The SMILES string of the molecule is [B]c1c([B])c([B])c(-c2cc(S(c3ccccc3)(c3ccccc3)c3ccccc3)cc(-c3c([B])c([B])c([B])c([B])c3[B])c2-n2c3ccccc3c3cc(-n4c5ccccc5c5ccc(S(c6ccccc6)(c6ccccc6)c6ccccc6)cc54)ccc32)c([B])c1[B]. The number of hydrogen-bond donors (Lipinski definition) is 0. The molecule has 410 valence electrons. The maximum Gasteiger partial charge on any atom is 0.113 e. The van der Waals surface area contributed by atoms with E-state index in [1.807, 2.05) is 24.3 Å². The number of nitrogens with zero attached hydrogens (tertiary/aromatic N) is 2. The topological polar surface area (TPSA) is 9.86 Å². The highest BCUT2D eigenvalue weighted by molar-refractivity contribution is 8.34. The lowest BCUT2D eigenvalue weighted by Crippen LogP contribution is -2.55. The molecule has 0 bridgehead atoms. The van der Waals surface area contributed by atoms with Crippen molar-refractivity contribution in [2.24, 2.45) is 0 Å². The van der Waals surface area contributed by atoms with Crippen LogP contribution in [0.25, 0.3) is 77.2 Å². The maximum atomic E-state index is 7.39. The van der Waals surface area contributed by atoms with Crippen molar-refractivity contribution >= 4 is 197 Å². The molecular formula is C78H46B10N2S2. The fourth-order valence-corrected chi connectivity index (χ4v) is 21.6. The largest absolute Gasteiger partial charge is 0.309 e. The van der Waals surface area contributed by atoms with Crippen molar-refractivity contribution in [2.45, 2.75) is 39.2 Å². The van der Waals surface area contributed by atoms with E-state index in [9.17, 15) is 0 Å². The van der Waals surface area contributed by atoms with E-state index >= 15 is 0 Å². The van der Waals surface area contributed by atoms with Crippen molar-refractivity contribution in [3.8, 4) is 33.6 Å². The number of rotatable bonds is 12. The van der Waals surface area contributed by atoms with Gasteiger partial charge in [0.25, 0.3) is 0 Å². The number of para-hydroxylation sites is 2. The predicted molar refractivity (Wildman–Crippen MR) is 400 cm³/mol. The highest BCUT2D eigenvalue weighted by Gasteiger charge is 2.38. The molecule has 20 radical (unpaired) electrons. The summed E-state index contributed by atoms with van der Waals surface area (Å²) >= 11 is 0. The van der Waals surface area contributed by atoms with Crippen LogP contribution in [0.4, 0.5) is 0 Å². The number of fused-ring (bicyclic) bond motifs is 6. The zero-order valence-electron chi connectivity index (χ0n) is 50.0. The van der Waals surface area contributed by atoms with Crippen LogP contribution in [0.1, 0.15) is 0 Å². The van der Waals surface area contributed by atoms with Gasteiger partial charge in [0.2, 0.25) is 0 Å². The number of aromatic nitrogens is 2. The summed E-state index contributed by atoms with van der Waals surface area (Å²) in [6, 6.07) is 99.3. The zero-order valence-corrected chi connectivity index (χ0v) is 51.7. The van der Waals surface area contributed by atoms with E-state index in [0.29, 0.717) is 27.9 Å². The van der Waals surface area contributed by atoms with Crippen LogP contribution in [0.2, 0.25) is 0 Å². The van der Waals surface area contributed by atoms with Crippen molar-refractivity contribution in [3.63, 3.8) is 0 Å². The predicted octanol–water partition coefficient (Wildman–Crippen LogP) is 9.83. The lowest BCUT2D eigenvalue weighted by Gasteiger charge is -2.43. The van der Waals surface area contributed by atoms with Gasteiger partial charge in [0.1, 0.15) is 78.5 Å². The van der Waals surface area contributed by atoms with E-state index < -0.39 is 20.1 Å². The summed E-state index contributed by atoms with van der Waals surface area (Å²) in [4.78, 5) is 8.83. The molecule has 0 unspecified atom stereocenters. The lowest BCUT2D eigenvalue weighted by molar-refractivity contribution is 1.15. The quantitative estimate of drug-likeness (QED) is 0.108. The van der Waals surface area contributed by atoms with Gasteiger partial charge in [-0.1, -0.05) is 174 Å². The second-order valence-electron chi connectivity index (χ2n) is 22.9.